The van der Waals surface area contributed by atoms with Crippen molar-refractivity contribution in [3.8, 4) is 10.4 Å². The van der Waals surface area contributed by atoms with Gasteiger partial charge in [-0.15, -0.1) is 34.0 Å². The largest absolute Gasteiger partial charge is 0.135 e. The standard InChI is InChI=1S/C23H14S3/c1-13-6-9-18-15(10-13)12-20(24-18)14-7-8-17-21(11-14)26-22-16-4-2-3-5-19(16)25-23(17)22/h2-12H,1H3. The second-order valence-corrected chi connectivity index (χ2v) is 9.91. The van der Waals surface area contributed by atoms with Crippen LogP contribution < -0.4 is 0 Å². The Balaban J connectivity index is 1.58. The van der Waals surface area contributed by atoms with Gasteiger partial charge in [0.05, 0.1) is 9.40 Å². The average molecular weight is 387 g/mol. The van der Waals surface area contributed by atoms with E-state index in [0.717, 1.165) is 0 Å². The van der Waals surface area contributed by atoms with E-state index in [4.69, 9.17) is 0 Å². The van der Waals surface area contributed by atoms with Gasteiger partial charge in [-0.05, 0) is 42.1 Å². The second-order valence-electron chi connectivity index (χ2n) is 6.72. The molecule has 0 aliphatic carbocycles. The summed E-state index contributed by atoms with van der Waals surface area (Å²) in [5.74, 6) is 0. The van der Waals surface area contributed by atoms with Crippen LogP contribution in [0.5, 0.6) is 0 Å². The first kappa shape index (κ1) is 14.9. The molecule has 3 aromatic heterocycles. The fourth-order valence-electron chi connectivity index (χ4n) is 3.66. The van der Waals surface area contributed by atoms with Crippen molar-refractivity contribution in [2.75, 3.05) is 0 Å². The average Bonchev–Trinajstić information content (AvgIpc) is 3.32. The summed E-state index contributed by atoms with van der Waals surface area (Å²) in [5, 5.41) is 4.14. The molecule has 3 aromatic carbocycles. The smallest absolute Gasteiger partial charge is 0.0542 e. The summed E-state index contributed by atoms with van der Waals surface area (Å²) in [6, 6.07) is 24.8. The molecule has 6 rings (SSSR count). The van der Waals surface area contributed by atoms with E-state index in [9.17, 15) is 0 Å². The van der Waals surface area contributed by atoms with E-state index in [1.165, 1.54) is 55.7 Å². The Hall–Kier alpha value is -2.20. The summed E-state index contributed by atoms with van der Waals surface area (Å²) < 4.78 is 7.01. The molecule has 3 heteroatoms. The van der Waals surface area contributed by atoms with Crippen molar-refractivity contribution in [2.24, 2.45) is 0 Å². The molecule has 3 heterocycles. The first-order valence-electron chi connectivity index (χ1n) is 8.61. The van der Waals surface area contributed by atoms with Gasteiger partial charge in [0.1, 0.15) is 0 Å². The van der Waals surface area contributed by atoms with Crippen molar-refractivity contribution < 1.29 is 0 Å². The van der Waals surface area contributed by atoms with Crippen molar-refractivity contribution in [1.29, 1.82) is 0 Å². The van der Waals surface area contributed by atoms with Crippen molar-refractivity contribution in [3.05, 3.63) is 72.3 Å². The molecule has 0 aliphatic heterocycles. The lowest BCUT2D eigenvalue weighted by Gasteiger charge is -1.97. The maximum atomic E-state index is 2.37. The maximum absolute atomic E-state index is 2.37. The lowest BCUT2D eigenvalue weighted by atomic mass is 10.1. The maximum Gasteiger partial charge on any atom is 0.0542 e. The van der Waals surface area contributed by atoms with E-state index in [1.54, 1.807) is 0 Å². The van der Waals surface area contributed by atoms with Crippen molar-refractivity contribution in [2.45, 2.75) is 6.92 Å². The Morgan fingerprint density at radius 2 is 1.42 bits per heavy atom. The third-order valence-corrected chi connectivity index (χ3v) is 8.63. The highest BCUT2D eigenvalue weighted by molar-refractivity contribution is 7.36. The van der Waals surface area contributed by atoms with Crippen molar-refractivity contribution in [3.63, 3.8) is 0 Å². The third kappa shape index (κ3) is 2.11. The number of benzene rings is 3. The number of fused-ring (bicyclic) bond motifs is 6. The number of thiophene rings is 3. The van der Waals surface area contributed by atoms with Gasteiger partial charge in [0.15, 0.2) is 0 Å². The van der Waals surface area contributed by atoms with E-state index in [0.29, 0.717) is 0 Å². The molecule has 0 saturated carbocycles. The van der Waals surface area contributed by atoms with Crippen LogP contribution in [-0.2, 0) is 0 Å². The number of hydrogen-bond donors (Lipinski definition) is 0. The van der Waals surface area contributed by atoms with Gasteiger partial charge in [-0.25, -0.2) is 0 Å². The quantitative estimate of drug-likeness (QED) is 0.266. The van der Waals surface area contributed by atoms with Crippen LogP contribution in [0.3, 0.4) is 0 Å². The molecule has 0 atom stereocenters. The third-order valence-electron chi connectivity index (χ3n) is 4.94. The fourth-order valence-corrected chi connectivity index (χ4v) is 7.40. The highest BCUT2D eigenvalue weighted by Gasteiger charge is 2.13. The van der Waals surface area contributed by atoms with Crippen molar-refractivity contribution >= 4 is 73.7 Å². The molecule has 0 aliphatic rings. The minimum Gasteiger partial charge on any atom is -0.135 e. The topological polar surface area (TPSA) is 0 Å². The summed E-state index contributed by atoms with van der Waals surface area (Å²) in [6.45, 7) is 2.16. The number of aryl methyl sites for hydroxylation is 1. The van der Waals surface area contributed by atoms with Crippen molar-refractivity contribution in [1.82, 2.24) is 0 Å². The molecule has 0 N–H and O–H groups in total. The molecular weight excluding hydrogens is 372 g/mol. The van der Waals surface area contributed by atoms with Gasteiger partial charge in [0.2, 0.25) is 0 Å². The lowest BCUT2D eigenvalue weighted by molar-refractivity contribution is 1.51. The molecule has 0 unspecified atom stereocenters. The van der Waals surface area contributed by atoms with Gasteiger partial charge in [0, 0.05) is 29.7 Å². The molecule has 0 nitrogen and oxygen atoms in total. The molecule has 0 bridgehead atoms. The highest BCUT2D eigenvalue weighted by Crippen LogP contribution is 2.45. The Bertz CT molecular complexity index is 1440. The van der Waals surface area contributed by atoms with Gasteiger partial charge in [-0.2, -0.15) is 0 Å². The SMILES string of the molecule is Cc1ccc2sc(-c3ccc4c(c3)sc3c5ccccc5sc43)cc2c1. The minimum atomic E-state index is 1.32. The summed E-state index contributed by atoms with van der Waals surface area (Å²) >= 11 is 5.74. The van der Waals surface area contributed by atoms with Gasteiger partial charge in [-0.3, -0.25) is 0 Å². The molecule has 0 saturated heterocycles. The number of rotatable bonds is 1. The Morgan fingerprint density at radius 3 is 2.35 bits per heavy atom. The van der Waals surface area contributed by atoms with Gasteiger partial charge in [-0.1, -0.05) is 48.0 Å². The molecule has 0 fully saturated rings. The molecule has 0 radical (unpaired) electrons. The zero-order valence-electron chi connectivity index (χ0n) is 14.1. The van der Waals surface area contributed by atoms with E-state index >= 15 is 0 Å². The fraction of sp³-hybridized carbons (Fsp3) is 0.0435. The highest BCUT2D eigenvalue weighted by atomic mass is 32.1. The molecule has 26 heavy (non-hydrogen) atoms. The van der Waals surface area contributed by atoms with Gasteiger partial charge < -0.3 is 0 Å². The minimum absolute atomic E-state index is 1.32. The predicted octanol–water partition coefficient (Wildman–Crippen LogP) is 8.46. The zero-order valence-corrected chi connectivity index (χ0v) is 16.5. The number of hydrogen-bond acceptors (Lipinski definition) is 3. The molecule has 0 spiro atoms. The Kier molecular flexibility index (Phi) is 3.10. The zero-order chi connectivity index (χ0) is 17.3. The molecule has 124 valence electrons. The van der Waals surface area contributed by atoms with E-state index in [1.807, 2.05) is 34.0 Å². The second kappa shape index (κ2) is 5.40. The summed E-state index contributed by atoms with van der Waals surface area (Å²) in [5.41, 5.74) is 2.65. The predicted molar refractivity (Wildman–Crippen MR) is 120 cm³/mol. The molecule has 6 aromatic rings. The Morgan fingerprint density at radius 1 is 0.615 bits per heavy atom. The van der Waals surface area contributed by atoms with Crippen LogP contribution in [0.4, 0.5) is 0 Å². The first-order valence-corrected chi connectivity index (χ1v) is 11.1. The molecular formula is C23H14S3. The van der Waals surface area contributed by atoms with Crippen LogP contribution in [0.1, 0.15) is 5.56 Å². The van der Waals surface area contributed by atoms with Crippen LogP contribution in [0.25, 0.3) is 50.1 Å². The summed E-state index contributed by atoms with van der Waals surface area (Å²) in [6.07, 6.45) is 0. The lowest BCUT2D eigenvalue weighted by Crippen LogP contribution is -1.71. The van der Waals surface area contributed by atoms with Crippen LogP contribution >= 0.6 is 34.0 Å². The van der Waals surface area contributed by atoms with Crippen LogP contribution in [0.2, 0.25) is 0 Å². The van der Waals surface area contributed by atoms with Gasteiger partial charge in [0.25, 0.3) is 0 Å². The van der Waals surface area contributed by atoms with Crippen LogP contribution in [-0.4, -0.2) is 0 Å². The van der Waals surface area contributed by atoms with E-state index in [-0.39, 0.29) is 0 Å². The van der Waals surface area contributed by atoms with Gasteiger partial charge >= 0.3 is 0 Å². The summed E-state index contributed by atoms with van der Waals surface area (Å²) in [4.78, 5) is 1.36. The molecule has 0 amide bonds. The normalized spacial score (nSPS) is 12.0. The Labute approximate surface area is 163 Å². The summed E-state index contributed by atoms with van der Waals surface area (Å²) in [7, 11) is 0. The van der Waals surface area contributed by atoms with Crippen LogP contribution in [0, 0.1) is 6.92 Å². The van der Waals surface area contributed by atoms with E-state index < -0.39 is 0 Å². The van der Waals surface area contributed by atoms with E-state index in [2.05, 4.69) is 73.7 Å². The first-order chi connectivity index (χ1) is 12.8. The monoisotopic (exact) mass is 386 g/mol. The van der Waals surface area contributed by atoms with Crippen LogP contribution in [0.15, 0.2) is 66.7 Å².